The average molecular weight is 636 g/mol. The zero-order valence-electron chi connectivity index (χ0n) is 18.1. The first kappa shape index (κ1) is 32.3. The minimum absolute atomic E-state index is 0.0223. The summed E-state index contributed by atoms with van der Waals surface area (Å²) >= 11 is -1.18. The molecule has 2 aromatic carbocycles. The van der Waals surface area contributed by atoms with Gasteiger partial charge in [0.2, 0.25) is 5.91 Å². The van der Waals surface area contributed by atoms with E-state index in [0.29, 0.717) is 18.2 Å². The van der Waals surface area contributed by atoms with E-state index >= 15 is 0 Å². The van der Waals surface area contributed by atoms with Gasteiger partial charge in [-0.3, -0.25) is 19.1 Å². The summed E-state index contributed by atoms with van der Waals surface area (Å²) in [5.41, 5.74) is -7.63. The van der Waals surface area contributed by atoms with E-state index in [9.17, 15) is 71.4 Å². The van der Waals surface area contributed by atoms with Crippen LogP contribution in [-0.4, -0.2) is 52.1 Å². The van der Waals surface area contributed by atoms with Crippen LogP contribution >= 0.6 is 11.8 Å². The molecular formula is C18H10F10N2O6S3. The van der Waals surface area contributed by atoms with Crippen molar-refractivity contribution in [2.45, 2.75) is 37.5 Å². The summed E-state index contributed by atoms with van der Waals surface area (Å²) in [6.45, 7) is 0. The second-order valence-electron chi connectivity index (χ2n) is 7.09. The standard InChI is InChI=1S/C18H10F10N2O6S3/c19-15(20,16(21,22)23)17(24,25)37-10-3-1-2-9(6-10)29-14(31)8-38(34)13-5-4-11(7-12(13)30(32)33)39(35,36)18(26,27)28/h1-7H,8H2,(H,29,31). The number of anilines is 1. The molecule has 0 bridgehead atoms. The number of carbonyl (C=O) groups is 1. The molecule has 1 unspecified atom stereocenters. The van der Waals surface area contributed by atoms with E-state index in [4.69, 9.17) is 0 Å². The summed E-state index contributed by atoms with van der Waals surface area (Å²) in [6.07, 6.45) is -6.59. The van der Waals surface area contributed by atoms with Crippen LogP contribution < -0.4 is 5.32 Å². The van der Waals surface area contributed by atoms with Crippen LogP contribution in [0.5, 0.6) is 0 Å². The second-order valence-corrected chi connectivity index (χ2v) is 11.6. The number of nitro groups is 1. The molecule has 0 aliphatic carbocycles. The van der Waals surface area contributed by atoms with Crippen LogP contribution in [0.3, 0.4) is 0 Å². The summed E-state index contributed by atoms with van der Waals surface area (Å²) in [6, 6.07) is 3.75. The topological polar surface area (TPSA) is 123 Å². The van der Waals surface area contributed by atoms with E-state index in [-0.39, 0.29) is 12.1 Å². The van der Waals surface area contributed by atoms with Gasteiger partial charge in [-0.1, -0.05) is 6.07 Å². The van der Waals surface area contributed by atoms with E-state index < -0.39 is 97.9 Å². The fraction of sp³-hybridized carbons (Fsp3) is 0.278. The predicted molar refractivity (Wildman–Crippen MR) is 114 cm³/mol. The molecule has 8 nitrogen and oxygen atoms in total. The molecule has 1 amide bonds. The van der Waals surface area contributed by atoms with Gasteiger partial charge >= 0.3 is 22.9 Å². The SMILES string of the molecule is O=C(CS(=O)c1ccc(S(=O)(=O)C(F)(F)F)cc1[N+](=O)[O-])Nc1cccc(SC(F)(F)C(F)(F)C(F)(F)F)c1. The number of rotatable bonds is 9. The Bertz CT molecular complexity index is 1410. The van der Waals surface area contributed by atoms with Gasteiger partial charge in [0.1, 0.15) is 10.6 Å². The van der Waals surface area contributed by atoms with Gasteiger partial charge in [-0.25, -0.2) is 8.42 Å². The van der Waals surface area contributed by atoms with E-state index in [1.54, 1.807) is 0 Å². The number of carbonyl (C=O) groups excluding carboxylic acids is 1. The third-order valence-electron chi connectivity index (χ3n) is 4.33. The highest BCUT2D eigenvalue weighted by atomic mass is 32.2. The van der Waals surface area contributed by atoms with Gasteiger partial charge < -0.3 is 5.32 Å². The van der Waals surface area contributed by atoms with Crippen molar-refractivity contribution in [3.05, 3.63) is 52.6 Å². The average Bonchev–Trinajstić information content (AvgIpc) is 2.76. The monoisotopic (exact) mass is 636 g/mol. The molecule has 1 atom stereocenters. The second kappa shape index (κ2) is 10.9. The Morgan fingerprint density at radius 1 is 0.974 bits per heavy atom. The number of amides is 1. The lowest BCUT2D eigenvalue weighted by atomic mass is 10.3. The van der Waals surface area contributed by atoms with Crippen LogP contribution in [-0.2, 0) is 25.4 Å². The number of nitro benzene ring substituents is 1. The lowest BCUT2D eigenvalue weighted by Gasteiger charge is -2.27. The summed E-state index contributed by atoms with van der Waals surface area (Å²) < 4.78 is 164. The Hall–Kier alpha value is -2.94. The zero-order valence-corrected chi connectivity index (χ0v) is 20.6. The number of halogens is 10. The minimum Gasteiger partial charge on any atom is -0.325 e. The minimum atomic E-state index is -6.59. The first-order valence-electron chi connectivity index (χ1n) is 9.40. The van der Waals surface area contributed by atoms with Gasteiger partial charge in [-0.15, -0.1) is 0 Å². The van der Waals surface area contributed by atoms with Gasteiger partial charge in [-0.2, -0.15) is 43.9 Å². The summed E-state index contributed by atoms with van der Waals surface area (Å²) in [7, 11) is -8.72. The van der Waals surface area contributed by atoms with Crippen molar-refractivity contribution < 1.29 is 66.2 Å². The molecule has 2 aromatic rings. The molecule has 1 N–H and O–H groups in total. The first-order chi connectivity index (χ1) is 17.5. The molecule has 2 rings (SSSR count). The van der Waals surface area contributed by atoms with Gasteiger partial charge in [0.05, 0.1) is 20.6 Å². The molecule has 0 fully saturated rings. The van der Waals surface area contributed by atoms with Crippen LogP contribution in [0.1, 0.15) is 0 Å². The highest BCUT2D eigenvalue weighted by Gasteiger charge is 2.73. The van der Waals surface area contributed by atoms with Crippen LogP contribution in [0.15, 0.2) is 57.2 Å². The van der Waals surface area contributed by atoms with Crippen LogP contribution in [0.4, 0.5) is 55.3 Å². The number of sulfone groups is 1. The maximum Gasteiger partial charge on any atom is 0.501 e. The molecule has 0 spiro atoms. The maximum atomic E-state index is 13.6. The summed E-state index contributed by atoms with van der Waals surface area (Å²) in [5.74, 6) is -8.86. The predicted octanol–water partition coefficient (Wildman–Crippen LogP) is 5.52. The van der Waals surface area contributed by atoms with Crippen LogP contribution in [0, 0.1) is 10.1 Å². The summed E-state index contributed by atoms with van der Waals surface area (Å²) in [5, 5.41) is 7.48. The molecule has 0 saturated carbocycles. The van der Waals surface area contributed by atoms with Crippen LogP contribution in [0.2, 0.25) is 0 Å². The Balaban J connectivity index is 2.24. The Labute approximate surface area is 217 Å². The normalized spacial score (nSPS) is 14.1. The Morgan fingerprint density at radius 2 is 1.56 bits per heavy atom. The zero-order chi connectivity index (χ0) is 30.2. The number of hydrogen-bond acceptors (Lipinski definition) is 7. The highest BCUT2D eigenvalue weighted by molar-refractivity contribution is 8.00. The molecular weight excluding hydrogens is 626 g/mol. The number of thioether (sulfide) groups is 1. The number of nitrogens with zero attached hydrogens (tertiary/aromatic N) is 1. The Morgan fingerprint density at radius 3 is 2.08 bits per heavy atom. The first-order valence-corrected chi connectivity index (χ1v) is 13.0. The van der Waals surface area contributed by atoms with Gasteiger partial charge in [0, 0.05) is 16.6 Å². The lowest BCUT2D eigenvalue weighted by Crippen LogP contribution is -2.49. The molecule has 21 heteroatoms. The maximum absolute atomic E-state index is 13.6. The van der Waals surface area contributed by atoms with Crippen molar-refractivity contribution >= 4 is 49.7 Å². The number of hydrogen-bond donors (Lipinski definition) is 1. The fourth-order valence-electron chi connectivity index (χ4n) is 2.54. The van der Waals surface area contributed by atoms with Gasteiger partial charge in [-0.05, 0) is 42.1 Å². The quantitative estimate of drug-likeness (QED) is 0.167. The Kier molecular flexibility index (Phi) is 9.03. The third kappa shape index (κ3) is 6.99. The molecule has 39 heavy (non-hydrogen) atoms. The van der Waals surface area contributed by atoms with Crippen molar-refractivity contribution in [2.75, 3.05) is 11.1 Å². The molecule has 0 saturated heterocycles. The molecule has 0 radical (unpaired) electrons. The van der Waals surface area contributed by atoms with Crippen molar-refractivity contribution in [3.63, 3.8) is 0 Å². The molecule has 0 aromatic heterocycles. The van der Waals surface area contributed by atoms with E-state index in [1.807, 2.05) is 5.32 Å². The van der Waals surface area contributed by atoms with Gasteiger partial charge in [0.15, 0.2) is 0 Å². The van der Waals surface area contributed by atoms with Gasteiger partial charge in [0.25, 0.3) is 15.5 Å². The number of benzene rings is 2. The van der Waals surface area contributed by atoms with Crippen molar-refractivity contribution in [1.29, 1.82) is 0 Å². The lowest BCUT2D eigenvalue weighted by molar-refractivity contribution is -0.388. The number of alkyl halides is 10. The van der Waals surface area contributed by atoms with E-state index in [1.165, 1.54) is 0 Å². The highest BCUT2D eigenvalue weighted by Crippen LogP contribution is 2.54. The van der Waals surface area contributed by atoms with Crippen molar-refractivity contribution in [1.82, 2.24) is 0 Å². The van der Waals surface area contributed by atoms with E-state index in [2.05, 4.69) is 0 Å². The fourth-order valence-corrected chi connectivity index (χ4v) is 5.25. The molecule has 0 aliphatic heterocycles. The van der Waals surface area contributed by atoms with Crippen molar-refractivity contribution in [2.24, 2.45) is 0 Å². The molecule has 0 aliphatic rings. The third-order valence-corrected chi connectivity index (χ3v) is 8.18. The molecule has 216 valence electrons. The number of nitrogens with one attached hydrogen (secondary N) is 1. The summed E-state index contributed by atoms with van der Waals surface area (Å²) in [4.78, 5) is 18.8. The smallest absolute Gasteiger partial charge is 0.325 e. The van der Waals surface area contributed by atoms with Crippen LogP contribution in [0.25, 0.3) is 0 Å². The van der Waals surface area contributed by atoms with Crippen molar-refractivity contribution in [3.8, 4) is 0 Å². The molecule has 0 heterocycles. The van der Waals surface area contributed by atoms with E-state index in [0.717, 1.165) is 12.1 Å². The largest absolute Gasteiger partial charge is 0.501 e.